The minimum atomic E-state index is -3.66. The summed E-state index contributed by atoms with van der Waals surface area (Å²) in [5.41, 5.74) is 1.78. The highest BCUT2D eigenvalue weighted by Crippen LogP contribution is 2.27. The van der Waals surface area contributed by atoms with E-state index in [9.17, 15) is 13.2 Å². The molecule has 1 fully saturated rings. The highest BCUT2D eigenvalue weighted by Gasteiger charge is 2.23. The molecule has 160 valence electrons. The molecule has 0 radical (unpaired) electrons. The average Bonchev–Trinajstić information content (AvgIpc) is 2.77. The Morgan fingerprint density at radius 1 is 1.03 bits per heavy atom. The lowest BCUT2D eigenvalue weighted by Gasteiger charge is -2.35. The van der Waals surface area contributed by atoms with Crippen LogP contribution in [0.4, 0.5) is 5.69 Å². The fourth-order valence-electron chi connectivity index (χ4n) is 3.29. The van der Waals surface area contributed by atoms with E-state index in [0.717, 1.165) is 23.1 Å². The van der Waals surface area contributed by atoms with Gasteiger partial charge >= 0.3 is 0 Å². The third-order valence-corrected chi connectivity index (χ3v) is 6.91. The Balaban J connectivity index is 1.68. The van der Waals surface area contributed by atoms with Crippen LogP contribution in [0.25, 0.3) is 6.08 Å². The maximum absolute atomic E-state index is 12.6. The highest BCUT2D eigenvalue weighted by molar-refractivity contribution is 7.89. The van der Waals surface area contributed by atoms with Crippen LogP contribution in [-0.2, 0) is 14.8 Å². The summed E-state index contributed by atoms with van der Waals surface area (Å²) in [7, 11) is 0.705. The topological polar surface area (TPSA) is 70.2 Å². The molecule has 0 saturated carbocycles. The lowest BCUT2D eigenvalue weighted by molar-refractivity contribution is -0.126. The van der Waals surface area contributed by atoms with Crippen LogP contribution in [0, 0.1) is 0 Å². The predicted molar refractivity (Wildman–Crippen MR) is 118 cm³/mol. The number of carbonyl (C=O) groups is 1. The number of carbonyl (C=O) groups excluding carboxylic acids is 1. The van der Waals surface area contributed by atoms with Gasteiger partial charge in [-0.1, -0.05) is 24.3 Å². The number of nitrogens with zero attached hydrogens (tertiary/aromatic N) is 3. The number of anilines is 1. The second kappa shape index (κ2) is 9.32. The summed E-state index contributed by atoms with van der Waals surface area (Å²) in [5, 5.41) is 0. The zero-order valence-corrected chi connectivity index (χ0v) is 18.3. The Kier molecular flexibility index (Phi) is 6.79. The van der Waals surface area contributed by atoms with Crippen molar-refractivity contribution in [2.24, 2.45) is 0 Å². The first-order chi connectivity index (χ1) is 14.3. The molecule has 2 aromatic carbocycles. The van der Waals surface area contributed by atoms with Gasteiger partial charge in [0.2, 0.25) is 15.9 Å². The van der Waals surface area contributed by atoms with Crippen molar-refractivity contribution < 1.29 is 17.9 Å². The molecule has 1 amide bonds. The van der Waals surface area contributed by atoms with Gasteiger partial charge in [-0.25, -0.2) is 12.7 Å². The first-order valence-corrected chi connectivity index (χ1v) is 11.1. The molecule has 0 aliphatic carbocycles. The molecule has 1 saturated heterocycles. The van der Waals surface area contributed by atoms with Crippen molar-refractivity contribution >= 4 is 27.7 Å². The molecule has 1 heterocycles. The van der Waals surface area contributed by atoms with E-state index in [4.69, 9.17) is 4.74 Å². The van der Waals surface area contributed by atoms with Gasteiger partial charge in [0.05, 0.1) is 7.11 Å². The number of piperazine rings is 1. The Morgan fingerprint density at radius 2 is 1.70 bits per heavy atom. The molecule has 3 rings (SSSR count). The van der Waals surface area contributed by atoms with Crippen molar-refractivity contribution in [1.82, 2.24) is 9.21 Å². The first-order valence-electron chi connectivity index (χ1n) is 9.70. The zero-order chi connectivity index (χ0) is 21.7. The van der Waals surface area contributed by atoms with Gasteiger partial charge in [0, 0.05) is 52.0 Å². The number of ether oxygens (including phenoxy) is 1. The highest BCUT2D eigenvalue weighted by atomic mass is 32.2. The van der Waals surface area contributed by atoms with Gasteiger partial charge in [0.25, 0.3) is 0 Å². The maximum Gasteiger partial charge on any atom is 0.246 e. The monoisotopic (exact) mass is 429 g/mol. The van der Waals surface area contributed by atoms with Gasteiger partial charge in [-0.3, -0.25) is 4.79 Å². The summed E-state index contributed by atoms with van der Waals surface area (Å²) in [6, 6.07) is 15.0. The van der Waals surface area contributed by atoms with E-state index >= 15 is 0 Å². The van der Waals surface area contributed by atoms with Crippen LogP contribution in [-0.4, -0.2) is 70.9 Å². The van der Waals surface area contributed by atoms with E-state index < -0.39 is 10.0 Å². The molecule has 0 atom stereocenters. The number of sulfonamides is 1. The third kappa shape index (κ3) is 4.83. The summed E-state index contributed by atoms with van der Waals surface area (Å²) >= 11 is 0. The SMILES string of the molecule is COc1ccc(C=CC(=O)N2CCN(c3ccccc3)CC2)cc1S(=O)(=O)N(C)C. The number of amides is 1. The van der Waals surface area contributed by atoms with Gasteiger partial charge in [-0.15, -0.1) is 0 Å². The van der Waals surface area contributed by atoms with Crippen LogP contribution in [0.3, 0.4) is 0 Å². The Hall–Kier alpha value is -2.84. The number of para-hydroxylation sites is 1. The lowest BCUT2D eigenvalue weighted by Crippen LogP contribution is -2.48. The minimum absolute atomic E-state index is 0.0704. The van der Waals surface area contributed by atoms with Crippen LogP contribution in [0.1, 0.15) is 5.56 Å². The number of hydrogen-bond donors (Lipinski definition) is 0. The summed E-state index contributed by atoms with van der Waals surface area (Å²) in [4.78, 5) is 16.7. The standard InChI is InChI=1S/C22H27N3O4S/c1-23(2)30(27,28)21-17-18(9-11-20(21)29-3)10-12-22(26)25-15-13-24(14-16-25)19-7-5-4-6-8-19/h4-12,17H,13-16H2,1-3H3. The summed E-state index contributed by atoms with van der Waals surface area (Å²) < 4.78 is 31.4. The Labute approximate surface area is 178 Å². The van der Waals surface area contributed by atoms with E-state index in [0.29, 0.717) is 18.7 Å². The van der Waals surface area contributed by atoms with E-state index in [2.05, 4.69) is 17.0 Å². The molecule has 30 heavy (non-hydrogen) atoms. The molecule has 0 unspecified atom stereocenters. The molecule has 0 bridgehead atoms. The van der Waals surface area contributed by atoms with Gasteiger partial charge in [0.1, 0.15) is 10.6 Å². The summed E-state index contributed by atoms with van der Waals surface area (Å²) in [5.74, 6) is 0.180. The molecule has 2 aromatic rings. The van der Waals surface area contributed by atoms with Gasteiger partial charge < -0.3 is 14.5 Å². The third-order valence-electron chi connectivity index (χ3n) is 5.08. The van der Waals surface area contributed by atoms with Crippen molar-refractivity contribution in [3.8, 4) is 5.75 Å². The summed E-state index contributed by atoms with van der Waals surface area (Å²) in [6.07, 6.45) is 3.13. The molecule has 8 heteroatoms. The molecule has 7 nitrogen and oxygen atoms in total. The summed E-state index contributed by atoms with van der Waals surface area (Å²) in [6.45, 7) is 2.83. The van der Waals surface area contributed by atoms with Crippen molar-refractivity contribution in [1.29, 1.82) is 0 Å². The van der Waals surface area contributed by atoms with Gasteiger partial charge in [-0.05, 0) is 35.9 Å². The van der Waals surface area contributed by atoms with E-state index in [1.807, 2.05) is 18.2 Å². The molecule has 1 aliphatic heterocycles. The van der Waals surface area contributed by atoms with Crippen LogP contribution < -0.4 is 9.64 Å². The maximum atomic E-state index is 12.6. The predicted octanol–water partition coefficient (Wildman–Crippen LogP) is 2.31. The fourth-order valence-corrected chi connectivity index (χ4v) is 4.38. The molecular formula is C22H27N3O4S. The van der Waals surface area contributed by atoms with Crippen LogP contribution >= 0.6 is 0 Å². The minimum Gasteiger partial charge on any atom is -0.495 e. The second-order valence-electron chi connectivity index (χ2n) is 7.18. The first kappa shape index (κ1) is 21.9. The molecular weight excluding hydrogens is 402 g/mol. The Bertz CT molecular complexity index is 1010. The van der Waals surface area contributed by atoms with Crippen molar-refractivity contribution in [2.45, 2.75) is 4.90 Å². The second-order valence-corrected chi connectivity index (χ2v) is 9.30. The van der Waals surface area contributed by atoms with Crippen LogP contribution in [0.15, 0.2) is 59.5 Å². The van der Waals surface area contributed by atoms with Crippen molar-refractivity contribution in [2.75, 3.05) is 52.3 Å². The van der Waals surface area contributed by atoms with E-state index in [1.165, 1.54) is 33.3 Å². The molecule has 0 aromatic heterocycles. The molecule has 1 aliphatic rings. The smallest absolute Gasteiger partial charge is 0.246 e. The fraction of sp³-hybridized carbons (Fsp3) is 0.318. The van der Waals surface area contributed by atoms with Gasteiger partial charge in [-0.2, -0.15) is 0 Å². The molecule has 0 N–H and O–H groups in total. The van der Waals surface area contributed by atoms with Crippen molar-refractivity contribution in [3.63, 3.8) is 0 Å². The average molecular weight is 430 g/mol. The van der Waals surface area contributed by atoms with E-state index in [1.54, 1.807) is 23.1 Å². The van der Waals surface area contributed by atoms with Crippen LogP contribution in [0.5, 0.6) is 5.75 Å². The largest absolute Gasteiger partial charge is 0.495 e. The number of benzene rings is 2. The number of methoxy groups -OCH3 is 1. The lowest BCUT2D eigenvalue weighted by atomic mass is 10.2. The van der Waals surface area contributed by atoms with Gasteiger partial charge in [0.15, 0.2) is 0 Å². The zero-order valence-electron chi connectivity index (χ0n) is 17.5. The van der Waals surface area contributed by atoms with Crippen LogP contribution in [0.2, 0.25) is 0 Å². The van der Waals surface area contributed by atoms with E-state index in [-0.39, 0.29) is 16.6 Å². The van der Waals surface area contributed by atoms with Crippen molar-refractivity contribution in [3.05, 3.63) is 60.2 Å². The Morgan fingerprint density at radius 3 is 2.30 bits per heavy atom. The number of hydrogen-bond acceptors (Lipinski definition) is 5. The number of rotatable bonds is 6. The molecule has 0 spiro atoms. The quantitative estimate of drug-likeness (QED) is 0.659. The normalized spacial score (nSPS) is 15.1.